The van der Waals surface area contributed by atoms with Crippen molar-refractivity contribution in [3.8, 4) is 5.75 Å². The number of fused-ring (bicyclic) bond motifs is 1. The van der Waals surface area contributed by atoms with Crippen LogP contribution >= 0.6 is 0 Å². The Morgan fingerprint density at radius 3 is 2.85 bits per heavy atom. The first kappa shape index (κ1) is 18.4. The van der Waals surface area contributed by atoms with Crippen molar-refractivity contribution < 1.29 is 22.7 Å². The highest BCUT2D eigenvalue weighted by Crippen LogP contribution is 2.26. The molecule has 1 aliphatic rings. The number of oxazole rings is 1. The second-order valence-electron chi connectivity index (χ2n) is 6.76. The molecule has 1 aromatic heterocycles. The van der Waals surface area contributed by atoms with Crippen molar-refractivity contribution in [2.24, 2.45) is 5.92 Å². The Kier molecular flexibility index (Phi) is 5.54. The summed E-state index contributed by atoms with van der Waals surface area (Å²) < 4.78 is 35.4. The highest BCUT2D eigenvalue weighted by Gasteiger charge is 2.28. The molecule has 1 amide bonds. The topological polar surface area (TPSA) is 55.6 Å². The first-order valence-electron chi connectivity index (χ1n) is 8.74. The number of nitrogens with zero attached hydrogens (tertiary/aromatic N) is 2. The molecule has 1 aromatic carbocycles. The highest BCUT2D eigenvalue weighted by atomic mass is 19.3. The van der Waals surface area contributed by atoms with Crippen molar-refractivity contribution in [1.29, 1.82) is 0 Å². The molecule has 0 saturated heterocycles. The smallest absolute Gasteiger partial charge is 0.387 e. The molecule has 0 radical (unpaired) electrons. The van der Waals surface area contributed by atoms with E-state index in [4.69, 9.17) is 4.42 Å². The second-order valence-corrected chi connectivity index (χ2v) is 6.76. The SMILES string of the molecule is CC(C)CCc1nc2c(o1)CCN(C(=O)c1ccccc1OC(F)F)C2. The normalized spacial score (nSPS) is 14.0. The Morgan fingerprint density at radius 1 is 1.35 bits per heavy atom. The fourth-order valence-electron chi connectivity index (χ4n) is 2.96. The minimum atomic E-state index is -2.98. The van der Waals surface area contributed by atoms with Gasteiger partial charge in [0.05, 0.1) is 12.1 Å². The Balaban J connectivity index is 1.73. The quantitative estimate of drug-likeness (QED) is 0.776. The van der Waals surface area contributed by atoms with Gasteiger partial charge >= 0.3 is 6.61 Å². The summed E-state index contributed by atoms with van der Waals surface area (Å²) in [4.78, 5) is 18.9. The van der Waals surface area contributed by atoms with Gasteiger partial charge in [0.15, 0.2) is 5.89 Å². The maximum atomic E-state index is 12.8. The zero-order valence-corrected chi connectivity index (χ0v) is 14.9. The first-order valence-corrected chi connectivity index (χ1v) is 8.74. The summed E-state index contributed by atoms with van der Waals surface area (Å²) in [5.41, 5.74) is 0.871. The number of ether oxygens (including phenoxy) is 1. The molecule has 0 spiro atoms. The zero-order chi connectivity index (χ0) is 18.7. The number of para-hydroxylation sites is 1. The maximum Gasteiger partial charge on any atom is 0.387 e. The van der Waals surface area contributed by atoms with E-state index in [1.807, 2.05) is 0 Å². The predicted molar refractivity (Wildman–Crippen MR) is 91.2 cm³/mol. The number of aryl methyl sites for hydroxylation is 1. The molecule has 0 bridgehead atoms. The second kappa shape index (κ2) is 7.85. The van der Waals surface area contributed by atoms with Gasteiger partial charge in [0.1, 0.15) is 17.2 Å². The number of hydrogen-bond acceptors (Lipinski definition) is 4. The van der Waals surface area contributed by atoms with Crippen molar-refractivity contribution >= 4 is 5.91 Å². The number of hydrogen-bond donors (Lipinski definition) is 0. The average Bonchev–Trinajstić information content (AvgIpc) is 3.01. The van der Waals surface area contributed by atoms with Gasteiger partial charge in [0.25, 0.3) is 5.91 Å². The Bertz CT molecular complexity index is 774. The number of halogens is 2. The summed E-state index contributed by atoms with van der Waals surface area (Å²) in [6.07, 6.45) is 2.32. The van der Waals surface area contributed by atoms with Crippen LogP contribution in [0.1, 0.15) is 48.0 Å². The molecule has 0 aliphatic carbocycles. The lowest BCUT2D eigenvalue weighted by Crippen LogP contribution is -2.36. The van der Waals surface area contributed by atoms with Crippen LogP contribution in [0.4, 0.5) is 8.78 Å². The van der Waals surface area contributed by atoms with Crippen LogP contribution in [-0.2, 0) is 19.4 Å². The molecular formula is C19H22F2N2O3. The van der Waals surface area contributed by atoms with Crippen molar-refractivity contribution in [1.82, 2.24) is 9.88 Å². The number of rotatable bonds is 6. The zero-order valence-electron chi connectivity index (χ0n) is 14.9. The van der Waals surface area contributed by atoms with Crippen LogP contribution in [0.3, 0.4) is 0 Å². The molecule has 2 aromatic rings. The van der Waals surface area contributed by atoms with Gasteiger partial charge in [-0.05, 0) is 24.5 Å². The molecule has 0 saturated carbocycles. The molecule has 0 atom stereocenters. The largest absolute Gasteiger partial charge is 0.445 e. The number of carbonyl (C=O) groups is 1. The van der Waals surface area contributed by atoms with Gasteiger partial charge in [-0.3, -0.25) is 4.79 Å². The van der Waals surface area contributed by atoms with E-state index in [1.165, 1.54) is 12.1 Å². The summed E-state index contributed by atoms with van der Waals surface area (Å²) in [5, 5.41) is 0. The number of benzene rings is 1. The molecule has 140 valence electrons. The van der Waals surface area contributed by atoms with E-state index in [9.17, 15) is 13.6 Å². The predicted octanol–water partition coefficient (Wildman–Crippen LogP) is 4.06. The van der Waals surface area contributed by atoms with E-state index in [0.29, 0.717) is 31.3 Å². The summed E-state index contributed by atoms with van der Waals surface area (Å²) in [6, 6.07) is 6.05. The van der Waals surface area contributed by atoms with E-state index in [-0.39, 0.29) is 17.2 Å². The maximum absolute atomic E-state index is 12.8. The van der Waals surface area contributed by atoms with Crippen molar-refractivity contribution in [2.75, 3.05) is 6.54 Å². The third-order valence-corrected chi connectivity index (χ3v) is 4.33. The van der Waals surface area contributed by atoms with Crippen molar-refractivity contribution in [3.05, 3.63) is 47.2 Å². The minimum absolute atomic E-state index is 0.115. The van der Waals surface area contributed by atoms with Gasteiger partial charge in [-0.2, -0.15) is 8.78 Å². The number of carbonyl (C=O) groups excluding carboxylic acids is 1. The third-order valence-electron chi connectivity index (χ3n) is 4.33. The fourth-order valence-corrected chi connectivity index (χ4v) is 2.96. The summed E-state index contributed by atoms with van der Waals surface area (Å²) >= 11 is 0. The van der Waals surface area contributed by atoms with Gasteiger partial charge in [0, 0.05) is 19.4 Å². The number of amides is 1. The van der Waals surface area contributed by atoms with Crippen LogP contribution in [0, 0.1) is 5.92 Å². The Labute approximate surface area is 151 Å². The van der Waals surface area contributed by atoms with E-state index in [0.717, 1.165) is 24.3 Å². The van der Waals surface area contributed by atoms with Gasteiger partial charge < -0.3 is 14.1 Å². The summed E-state index contributed by atoms with van der Waals surface area (Å²) in [5.74, 6) is 1.60. The first-order chi connectivity index (χ1) is 12.4. The van der Waals surface area contributed by atoms with Crippen LogP contribution in [0.5, 0.6) is 5.75 Å². The number of alkyl halides is 2. The Morgan fingerprint density at radius 2 is 2.12 bits per heavy atom. The fraction of sp³-hybridized carbons (Fsp3) is 0.474. The van der Waals surface area contributed by atoms with Gasteiger partial charge in [-0.15, -0.1) is 0 Å². The van der Waals surface area contributed by atoms with Crippen LogP contribution in [-0.4, -0.2) is 28.9 Å². The lowest BCUT2D eigenvalue weighted by molar-refractivity contribution is -0.0503. The van der Waals surface area contributed by atoms with E-state index < -0.39 is 6.61 Å². The standard InChI is InChI=1S/C19H22F2N2O3/c1-12(2)7-8-17-22-14-11-23(10-9-16(14)25-17)18(24)13-5-3-4-6-15(13)26-19(20)21/h3-6,12,19H,7-11H2,1-2H3. The average molecular weight is 364 g/mol. The van der Waals surface area contributed by atoms with E-state index in [2.05, 4.69) is 23.6 Å². The lowest BCUT2D eigenvalue weighted by atomic mass is 10.1. The Hall–Kier alpha value is -2.44. The molecule has 7 heteroatoms. The third kappa shape index (κ3) is 4.20. The molecule has 2 heterocycles. The van der Waals surface area contributed by atoms with Crippen LogP contribution in [0.15, 0.2) is 28.7 Å². The lowest BCUT2D eigenvalue weighted by Gasteiger charge is -2.26. The monoisotopic (exact) mass is 364 g/mol. The van der Waals surface area contributed by atoms with Crippen molar-refractivity contribution in [3.63, 3.8) is 0 Å². The van der Waals surface area contributed by atoms with Gasteiger partial charge in [0.2, 0.25) is 0 Å². The molecular weight excluding hydrogens is 342 g/mol. The summed E-state index contributed by atoms with van der Waals surface area (Å²) in [7, 11) is 0. The van der Waals surface area contributed by atoms with E-state index in [1.54, 1.807) is 17.0 Å². The molecule has 5 nitrogen and oxygen atoms in total. The molecule has 1 aliphatic heterocycles. The highest BCUT2D eigenvalue weighted by molar-refractivity contribution is 5.97. The van der Waals surface area contributed by atoms with Crippen LogP contribution < -0.4 is 4.74 Å². The number of aromatic nitrogens is 1. The van der Waals surface area contributed by atoms with Gasteiger partial charge in [-0.25, -0.2) is 4.98 Å². The van der Waals surface area contributed by atoms with Crippen molar-refractivity contribution in [2.45, 2.75) is 46.3 Å². The van der Waals surface area contributed by atoms with E-state index >= 15 is 0 Å². The molecule has 26 heavy (non-hydrogen) atoms. The van der Waals surface area contributed by atoms with Crippen LogP contribution in [0.25, 0.3) is 0 Å². The minimum Gasteiger partial charge on any atom is -0.445 e. The molecule has 0 fully saturated rings. The van der Waals surface area contributed by atoms with Gasteiger partial charge in [-0.1, -0.05) is 26.0 Å². The van der Waals surface area contributed by atoms with Crippen LogP contribution in [0.2, 0.25) is 0 Å². The summed E-state index contributed by atoms with van der Waals surface area (Å²) in [6.45, 7) is 2.07. The molecule has 0 unspecified atom stereocenters. The molecule has 3 rings (SSSR count). The molecule has 0 N–H and O–H groups in total.